The minimum atomic E-state index is -1.29. The van der Waals surface area contributed by atoms with Crippen molar-refractivity contribution in [2.45, 2.75) is 17.0 Å². The van der Waals surface area contributed by atoms with E-state index in [-0.39, 0.29) is 5.69 Å². The summed E-state index contributed by atoms with van der Waals surface area (Å²) in [5.41, 5.74) is 0.620. The van der Waals surface area contributed by atoms with Crippen molar-refractivity contribution in [3.63, 3.8) is 0 Å². The summed E-state index contributed by atoms with van der Waals surface area (Å²) < 4.78 is 0. The van der Waals surface area contributed by atoms with Gasteiger partial charge in [0.2, 0.25) is 0 Å². The molecular formula is C11H12Cl2N2O4. The number of rotatable bonds is 6. The van der Waals surface area contributed by atoms with Crippen molar-refractivity contribution in [3.05, 3.63) is 34.7 Å². The van der Waals surface area contributed by atoms with Gasteiger partial charge in [0.15, 0.2) is 4.84 Å². The molecule has 0 unspecified atom stereocenters. The average Bonchev–Trinajstić information content (AvgIpc) is 2.43. The summed E-state index contributed by atoms with van der Waals surface area (Å²) in [5.74, 6) is -0.715. The van der Waals surface area contributed by atoms with Crippen molar-refractivity contribution < 1.29 is 15.0 Å². The summed E-state index contributed by atoms with van der Waals surface area (Å²) >= 11 is 10.7. The number of carbonyl (C=O) groups excluding carboxylic acids is 1. The normalized spacial score (nSPS) is 13.9. The number of hydrogen-bond donors (Lipinski definition) is 3. The Morgan fingerprint density at radius 1 is 1.32 bits per heavy atom. The molecule has 0 radical (unpaired) electrons. The molecule has 0 fully saturated rings. The van der Waals surface area contributed by atoms with E-state index in [0.29, 0.717) is 5.56 Å². The molecule has 1 aromatic rings. The van der Waals surface area contributed by atoms with Gasteiger partial charge in [-0.05, 0) is 22.9 Å². The number of nitroso groups, excluding NO2 is 1. The highest BCUT2D eigenvalue weighted by atomic mass is 35.5. The van der Waals surface area contributed by atoms with Gasteiger partial charge in [-0.25, -0.2) is 0 Å². The van der Waals surface area contributed by atoms with Crippen LogP contribution in [0.2, 0.25) is 0 Å². The van der Waals surface area contributed by atoms with E-state index in [2.05, 4.69) is 10.5 Å². The van der Waals surface area contributed by atoms with Crippen molar-refractivity contribution in [3.8, 4) is 0 Å². The summed E-state index contributed by atoms with van der Waals surface area (Å²) in [4.78, 5) is 20.3. The molecular weight excluding hydrogens is 295 g/mol. The van der Waals surface area contributed by atoms with Crippen LogP contribution >= 0.6 is 23.2 Å². The SMILES string of the molecule is O=Nc1ccc([C@@H](O)[C@@H](CO)NC(=O)C(Cl)Cl)cc1. The van der Waals surface area contributed by atoms with E-state index in [1.54, 1.807) is 0 Å². The van der Waals surface area contributed by atoms with Crippen molar-refractivity contribution >= 4 is 34.8 Å². The molecule has 0 saturated carbocycles. The standard InChI is InChI=1S/C11H12Cl2N2O4/c12-10(13)11(18)14-8(5-16)9(17)6-1-3-7(15-19)4-2-6/h1-4,8-10,16-17H,5H2,(H,14,18)/t8-,9-/m1/s1. The maximum atomic E-state index is 11.3. The zero-order chi connectivity index (χ0) is 14.4. The maximum Gasteiger partial charge on any atom is 0.253 e. The summed E-state index contributed by atoms with van der Waals surface area (Å²) in [6.45, 7) is -0.499. The molecule has 2 atom stereocenters. The van der Waals surface area contributed by atoms with Gasteiger partial charge in [0.1, 0.15) is 11.8 Å². The third-order valence-corrected chi connectivity index (χ3v) is 2.84. The highest BCUT2D eigenvalue weighted by molar-refractivity contribution is 6.53. The minimum Gasteiger partial charge on any atom is -0.394 e. The van der Waals surface area contributed by atoms with E-state index >= 15 is 0 Å². The lowest BCUT2D eigenvalue weighted by Gasteiger charge is -2.22. The Morgan fingerprint density at radius 3 is 2.32 bits per heavy atom. The zero-order valence-corrected chi connectivity index (χ0v) is 11.2. The zero-order valence-electron chi connectivity index (χ0n) is 9.66. The van der Waals surface area contributed by atoms with Crippen LogP contribution in [0.15, 0.2) is 29.4 Å². The largest absolute Gasteiger partial charge is 0.394 e. The van der Waals surface area contributed by atoms with Crippen LogP contribution in [-0.2, 0) is 4.79 Å². The number of nitrogens with zero attached hydrogens (tertiary/aromatic N) is 1. The lowest BCUT2D eigenvalue weighted by Crippen LogP contribution is -2.44. The first-order chi connectivity index (χ1) is 8.99. The van der Waals surface area contributed by atoms with Crippen LogP contribution in [0, 0.1) is 4.91 Å². The van der Waals surface area contributed by atoms with E-state index in [0.717, 1.165) is 0 Å². The number of aliphatic hydroxyl groups excluding tert-OH is 2. The topological polar surface area (TPSA) is 99.0 Å². The van der Waals surface area contributed by atoms with Crippen LogP contribution in [0.4, 0.5) is 5.69 Å². The van der Waals surface area contributed by atoms with Gasteiger partial charge >= 0.3 is 0 Å². The van der Waals surface area contributed by atoms with E-state index < -0.39 is 29.5 Å². The van der Waals surface area contributed by atoms with Crippen molar-refractivity contribution in [2.24, 2.45) is 5.18 Å². The molecule has 0 bridgehead atoms. The van der Waals surface area contributed by atoms with Gasteiger partial charge in [0, 0.05) is 0 Å². The molecule has 0 aromatic heterocycles. The number of nitrogens with one attached hydrogen (secondary N) is 1. The molecule has 8 heteroatoms. The Morgan fingerprint density at radius 2 is 1.89 bits per heavy atom. The Kier molecular flexibility index (Phi) is 6.17. The summed E-state index contributed by atoms with van der Waals surface area (Å²) in [6, 6.07) is 4.80. The smallest absolute Gasteiger partial charge is 0.253 e. The summed E-state index contributed by atoms with van der Waals surface area (Å²) in [6.07, 6.45) is -1.17. The Balaban J connectivity index is 2.79. The Hall–Kier alpha value is -1.21. The molecule has 1 amide bonds. The first-order valence-electron chi connectivity index (χ1n) is 5.30. The lowest BCUT2D eigenvalue weighted by atomic mass is 10.0. The van der Waals surface area contributed by atoms with Crippen LogP contribution in [0.3, 0.4) is 0 Å². The monoisotopic (exact) mass is 306 g/mol. The summed E-state index contributed by atoms with van der Waals surface area (Å²) in [7, 11) is 0. The van der Waals surface area contributed by atoms with Gasteiger partial charge in [-0.2, -0.15) is 0 Å². The molecule has 19 heavy (non-hydrogen) atoms. The van der Waals surface area contributed by atoms with E-state index in [1.165, 1.54) is 24.3 Å². The molecule has 0 aliphatic carbocycles. The quantitative estimate of drug-likeness (QED) is 0.546. The van der Waals surface area contributed by atoms with Crippen LogP contribution in [0.5, 0.6) is 0 Å². The van der Waals surface area contributed by atoms with Crippen molar-refractivity contribution in [1.82, 2.24) is 5.32 Å². The fraction of sp³-hybridized carbons (Fsp3) is 0.364. The van der Waals surface area contributed by atoms with Crippen LogP contribution in [-0.4, -0.2) is 33.6 Å². The number of aliphatic hydroxyl groups is 2. The van der Waals surface area contributed by atoms with Gasteiger partial charge < -0.3 is 15.5 Å². The number of amides is 1. The third kappa shape index (κ3) is 4.43. The summed E-state index contributed by atoms with van der Waals surface area (Å²) in [5, 5.41) is 24.2. The number of benzene rings is 1. The second-order valence-electron chi connectivity index (χ2n) is 3.73. The van der Waals surface area contributed by atoms with Crippen molar-refractivity contribution in [2.75, 3.05) is 6.61 Å². The number of hydrogen-bond acceptors (Lipinski definition) is 5. The molecule has 0 aliphatic heterocycles. The van der Waals surface area contributed by atoms with E-state index in [1.807, 2.05) is 0 Å². The van der Waals surface area contributed by atoms with Gasteiger partial charge in [-0.3, -0.25) is 4.79 Å². The Bertz CT molecular complexity index is 439. The predicted octanol–water partition coefficient (Wildman–Crippen LogP) is 1.40. The van der Waals surface area contributed by atoms with E-state index in [4.69, 9.17) is 28.3 Å². The van der Waals surface area contributed by atoms with Crippen LogP contribution < -0.4 is 5.32 Å². The van der Waals surface area contributed by atoms with Gasteiger partial charge in [-0.15, -0.1) is 4.91 Å². The fourth-order valence-electron chi connectivity index (χ4n) is 1.43. The van der Waals surface area contributed by atoms with Gasteiger partial charge in [0.05, 0.1) is 12.6 Å². The molecule has 6 nitrogen and oxygen atoms in total. The van der Waals surface area contributed by atoms with Gasteiger partial charge in [0.25, 0.3) is 5.91 Å². The highest BCUT2D eigenvalue weighted by Crippen LogP contribution is 2.20. The molecule has 1 aromatic carbocycles. The van der Waals surface area contributed by atoms with Crippen LogP contribution in [0.1, 0.15) is 11.7 Å². The first kappa shape index (κ1) is 15.8. The van der Waals surface area contributed by atoms with Crippen molar-refractivity contribution in [1.29, 1.82) is 0 Å². The second kappa shape index (κ2) is 7.40. The average molecular weight is 307 g/mol. The second-order valence-corrected chi connectivity index (χ2v) is 4.82. The molecule has 0 saturated heterocycles. The molecule has 0 aliphatic rings. The molecule has 0 heterocycles. The molecule has 104 valence electrons. The van der Waals surface area contributed by atoms with Gasteiger partial charge in [-0.1, -0.05) is 35.3 Å². The molecule has 0 spiro atoms. The highest BCUT2D eigenvalue weighted by Gasteiger charge is 2.24. The Labute approximate surface area is 119 Å². The fourth-order valence-corrected chi connectivity index (χ4v) is 1.56. The lowest BCUT2D eigenvalue weighted by molar-refractivity contribution is -0.121. The van der Waals surface area contributed by atoms with Crippen LogP contribution in [0.25, 0.3) is 0 Å². The number of carbonyl (C=O) groups is 1. The number of alkyl halides is 2. The van der Waals surface area contributed by atoms with E-state index in [9.17, 15) is 14.8 Å². The first-order valence-corrected chi connectivity index (χ1v) is 6.17. The number of halogens is 2. The minimum absolute atomic E-state index is 0.210. The predicted molar refractivity (Wildman–Crippen MR) is 71.4 cm³/mol. The molecule has 3 N–H and O–H groups in total. The molecule has 1 rings (SSSR count). The maximum absolute atomic E-state index is 11.3. The third-order valence-electron chi connectivity index (χ3n) is 2.44.